The molecule has 2 N–H and O–H groups in total. The third-order valence-electron chi connectivity index (χ3n) is 6.29. The van der Waals surface area contributed by atoms with E-state index in [0.29, 0.717) is 18.0 Å². The van der Waals surface area contributed by atoms with E-state index in [9.17, 15) is 4.39 Å². The molecular weight excluding hydrogens is 313 g/mol. The lowest BCUT2D eigenvalue weighted by Crippen LogP contribution is -2.49. The molecule has 0 amide bonds. The Labute approximate surface area is 152 Å². The van der Waals surface area contributed by atoms with Crippen molar-refractivity contribution in [2.24, 2.45) is 11.8 Å². The number of nitrogens with one attached hydrogen (secondary N) is 2. The summed E-state index contributed by atoms with van der Waals surface area (Å²) in [5, 5.41) is 7.04. The lowest BCUT2D eigenvalue weighted by molar-refractivity contribution is 0.114. The quantitative estimate of drug-likeness (QED) is 0.828. The van der Waals surface area contributed by atoms with E-state index in [4.69, 9.17) is 0 Å². The van der Waals surface area contributed by atoms with Gasteiger partial charge in [0, 0.05) is 25.2 Å². The molecule has 1 aromatic rings. The van der Waals surface area contributed by atoms with E-state index in [0.717, 1.165) is 12.3 Å². The normalized spacial score (nSPS) is 31.2. The average molecular weight is 348 g/mol. The van der Waals surface area contributed by atoms with Crippen molar-refractivity contribution in [1.82, 2.24) is 15.5 Å². The maximum Gasteiger partial charge on any atom is 0.123 e. The van der Waals surface area contributed by atoms with Gasteiger partial charge in [0.15, 0.2) is 0 Å². The van der Waals surface area contributed by atoms with Crippen LogP contribution >= 0.6 is 0 Å². The van der Waals surface area contributed by atoms with Crippen molar-refractivity contribution in [1.29, 1.82) is 0 Å². The summed E-state index contributed by atoms with van der Waals surface area (Å²) >= 11 is 0. The first-order valence-electron chi connectivity index (χ1n) is 9.99. The van der Waals surface area contributed by atoms with Gasteiger partial charge in [-0.2, -0.15) is 0 Å². The summed E-state index contributed by atoms with van der Waals surface area (Å²) < 4.78 is 13.1. The summed E-state index contributed by atoms with van der Waals surface area (Å²) in [6, 6.07) is 8.41. The number of benzene rings is 1. The number of piperidine rings is 1. The Morgan fingerprint density at radius 2 is 1.88 bits per heavy atom. The minimum absolute atomic E-state index is 0.136. The van der Waals surface area contributed by atoms with E-state index < -0.39 is 0 Å². The number of rotatable bonds is 6. The molecule has 1 saturated heterocycles. The third kappa shape index (κ3) is 5.25. The minimum Gasteiger partial charge on any atom is -0.317 e. The second-order valence-electron chi connectivity index (χ2n) is 8.05. The molecule has 4 atom stereocenters. The molecule has 3 nitrogen and oxygen atoms in total. The van der Waals surface area contributed by atoms with E-state index in [1.165, 1.54) is 57.3 Å². The van der Waals surface area contributed by atoms with Crippen LogP contribution < -0.4 is 10.6 Å². The van der Waals surface area contributed by atoms with Crippen molar-refractivity contribution in [3.05, 3.63) is 35.6 Å². The predicted molar refractivity (Wildman–Crippen MR) is 102 cm³/mol. The standard InChI is InChI=1S/C21H34FN3/c1-23-20-9-10-21(24-2)18(13-20)15-25-11-3-4-17(14-25)12-16-5-7-19(22)8-6-16/h5-8,17-18,20-21,23-24H,3-4,9-15H2,1-2H3/t17-,18-,20+,21+/m0/s1. The Balaban J connectivity index is 1.54. The molecule has 1 saturated carbocycles. The van der Waals surface area contributed by atoms with Gasteiger partial charge in [0.05, 0.1) is 0 Å². The van der Waals surface area contributed by atoms with E-state index in [-0.39, 0.29) is 5.82 Å². The Morgan fingerprint density at radius 1 is 1.08 bits per heavy atom. The molecule has 0 unspecified atom stereocenters. The first kappa shape index (κ1) is 18.8. The molecule has 4 heteroatoms. The second-order valence-corrected chi connectivity index (χ2v) is 8.05. The molecule has 1 aliphatic carbocycles. The van der Waals surface area contributed by atoms with E-state index in [2.05, 4.69) is 29.6 Å². The molecule has 1 aromatic carbocycles. The van der Waals surface area contributed by atoms with Gasteiger partial charge < -0.3 is 15.5 Å². The molecule has 0 spiro atoms. The molecule has 0 bridgehead atoms. The first-order valence-corrected chi connectivity index (χ1v) is 9.99. The molecule has 2 aliphatic rings. The van der Waals surface area contributed by atoms with Crippen LogP contribution in [0.15, 0.2) is 24.3 Å². The van der Waals surface area contributed by atoms with Gasteiger partial charge in [-0.25, -0.2) is 4.39 Å². The van der Waals surface area contributed by atoms with E-state index >= 15 is 0 Å². The van der Waals surface area contributed by atoms with Crippen molar-refractivity contribution >= 4 is 0 Å². The maximum absolute atomic E-state index is 13.1. The Hall–Kier alpha value is -0.970. The molecule has 2 fully saturated rings. The zero-order chi connectivity index (χ0) is 17.6. The minimum atomic E-state index is -0.136. The van der Waals surface area contributed by atoms with Crippen molar-refractivity contribution in [3.63, 3.8) is 0 Å². The summed E-state index contributed by atoms with van der Waals surface area (Å²) in [7, 11) is 4.21. The van der Waals surface area contributed by atoms with Crippen LogP contribution in [0.4, 0.5) is 4.39 Å². The SMILES string of the molecule is CN[C@@H]1CC[C@@H](NC)[C@H](CN2CCC[C@@H](Cc3ccc(F)cc3)C2)C1. The number of hydrogen-bond donors (Lipinski definition) is 2. The zero-order valence-corrected chi connectivity index (χ0v) is 15.8. The number of hydrogen-bond acceptors (Lipinski definition) is 3. The van der Waals surface area contributed by atoms with Gasteiger partial charge in [0.2, 0.25) is 0 Å². The Bertz CT molecular complexity index is 518. The van der Waals surface area contributed by atoms with Crippen molar-refractivity contribution in [2.45, 2.75) is 50.6 Å². The summed E-state index contributed by atoms with van der Waals surface area (Å²) in [5.74, 6) is 1.31. The molecule has 1 heterocycles. The summed E-state index contributed by atoms with van der Waals surface area (Å²) in [4.78, 5) is 2.69. The van der Waals surface area contributed by atoms with E-state index in [1.54, 1.807) is 12.1 Å². The van der Waals surface area contributed by atoms with Crippen LogP contribution in [0.25, 0.3) is 0 Å². The average Bonchev–Trinajstić information content (AvgIpc) is 2.64. The maximum atomic E-state index is 13.1. The molecular formula is C21H34FN3. The fourth-order valence-electron chi connectivity index (χ4n) is 4.88. The van der Waals surface area contributed by atoms with Crippen LogP contribution in [0, 0.1) is 17.7 Å². The van der Waals surface area contributed by atoms with Gasteiger partial charge in [-0.3, -0.25) is 0 Å². The van der Waals surface area contributed by atoms with Crippen LogP contribution in [0.5, 0.6) is 0 Å². The lowest BCUT2D eigenvalue weighted by Gasteiger charge is -2.41. The summed E-state index contributed by atoms with van der Waals surface area (Å²) in [6.07, 6.45) is 7.51. The Morgan fingerprint density at radius 3 is 2.60 bits per heavy atom. The highest BCUT2D eigenvalue weighted by Crippen LogP contribution is 2.28. The highest BCUT2D eigenvalue weighted by atomic mass is 19.1. The van der Waals surface area contributed by atoms with Gasteiger partial charge in [0.1, 0.15) is 5.82 Å². The predicted octanol–water partition coefficient (Wildman–Crippen LogP) is 3.06. The van der Waals surface area contributed by atoms with Gasteiger partial charge in [-0.15, -0.1) is 0 Å². The smallest absolute Gasteiger partial charge is 0.123 e. The van der Waals surface area contributed by atoms with Crippen molar-refractivity contribution in [3.8, 4) is 0 Å². The molecule has 1 aliphatic heterocycles. The summed E-state index contributed by atoms with van der Waals surface area (Å²) in [6.45, 7) is 3.63. The number of nitrogens with zero attached hydrogens (tertiary/aromatic N) is 1. The summed E-state index contributed by atoms with van der Waals surface area (Å²) in [5.41, 5.74) is 1.27. The molecule has 3 rings (SSSR count). The monoisotopic (exact) mass is 347 g/mol. The van der Waals surface area contributed by atoms with E-state index in [1.807, 2.05) is 12.1 Å². The van der Waals surface area contributed by atoms with Crippen LogP contribution in [-0.2, 0) is 6.42 Å². The van der Waals surface area contributed by atoms with Crippen LogP contribution in [0.1, 0.15) is 37.7 Å². The van der Waals surface area contributed by atoms with Crippen LogP contribution in [0.2, 0.25) is 0 Å². The molecule has 140 valence electrons. The molecule has 0 aromatic heterocycles. The zero-order valence-electron chi connectivity index (χ0n) is 15.8. The highest BCUT2D eigenvalue weighted by Gasteiger charge is 2.31. The van der Waals surface area contributed by atoms with Gasteiger partial charge in [-0.05, 0) is 88.7 Å². The lowest BCUT2D eigenvalue weighted by atomic mass is 9.80. The highest BCUT2D eigenvalue weighted by molar-refractivity contribution is 5.16. The van der Waals surface area contributed by atoms with Crippen LogP contribution in [0.3, 0.4) is 0 Å². The largest absolute Gasteiger partial charge is 0.317 e. The first-order chi connectivity index (χ1) is 12.2. The van der Waals surface area contributed by atoms with Crippen molar-refractivity contribution in [2.75, 3.05) is 33.7 Å². The number of likely N-dealkylation sites (tertiary alicyclic amines) is 1. The number of halogens is 1. The fourth-order valence-corrected chi connectivity index (χ4v) is 4.88. The van der Waals surface area contributed by atoms with Crippen molar-refractivity contribution < 1.29 is 4.39 Å². The van der Waals surface area contributed by atoms with Crippen LogP contribution in [-0.4, -0.2) is 50.7 Å². The third-order valence-corrected chi connectivity index (χ3v) is 6.29. The van der Waals surface area contributed by atoms with Gasteiger partial charge in [0.25, 0.3) is 0 Å². The Kier molecular flexibility index (Phi) is 6.85. The fraction of sp³-hybridized carbons (Fsp3) is 0.714. The molecule has 25 heavy (non-hydrogen) atoms. The topological polar surface area (TPSA) is 27.3 Å². The van der Waals surface area contributed by atoms with Gasteiger partial charge in [-0.1, -0.05) is 12.1 Å². The second kappa shape index (κ2) is 9.11. The van der Waals surface area contributed by atoms with Gasteiger partial charge >= 0.3 is 0 Å². The molecule has 0 radical (unpaired) electrons.